The van der Waals surface area contributed by atoms with Gasteiger partial charge in [-0.2, -0.15) is 0 Å². The van der Waals surface area contributed by atoms with Crippen LogP contribution in [0.25, 0.3) is 0 Å². The lowest BCUT2D eigenvalue weighted by Crippen LogP contribution is -2.45. The number of amides is 3. The van der Waals surface area contributed by atoms with Crippen molar-refractivity contribution in [1.29, 1.82) is 0 Å². The quantitative estimate of drug-likeness (QED) is 0.731. The lowest BCUT2D eigenvalue weighted by atomic mass is 10.0. The van der Waals surface area contributed by atoms with Gasteiger partial charge in [0, 0.05) is 6.04 Å². The van der Waals surface area contributed by atoms with E-state index in [1.807, 2.05) is 55.5 Å². The topological polar surface area (TPSA) is 84.2 Å². The number of primary amides is 1. The van der Waals surface area contributed by atoms with Gasteiger partial charge in [0.15, 0.2) is 0 Å². The van der Waals surface area contributed by atoms with E-state index in [2.05, 4.69) is 22.8 Å². The van der Waals surface area contributed by atoms with Gasteiger partial charge in [0.25, 0.3) is 0 Å². The van der Waals surface area contributed by atoms with Crippen LogP contribution >= 0.6 is 0 Å². The lowest BCUT2D eigenvalue weighted by Gasteiger charge is -2.22. The first-order valence-corrected chi connectivity index (χ1v) is 8.01. The largest absolute Gasteiger partial charge is 0.351 e. The molecule has 2 rings (SSSR count). The highest BCUT2D eigenvalue weighted by Crippen LogP contribution is 2.15. The summed E-state index contributed by atoms with van der Waals surface area (Å²) in [6.07, 6.45) is 1.78. The fourth-order valence-corrected chi connectivity index (χ4v) is 2.56. The summed E-state index contributed by atoms with van der Waals surface area (Å²) < 4.78 is 0. The number of aryl methyl sites for hydroxylation is 1. The first kappa shape index (κ1) is 17.7. The van der Waals surface area contributed by atoms with Crippen LogP contribution in [-0.4, -0.2) is 18.0 Å². The van der Waals surface area contributed by atoms with Crippen molar-refractivity contribution in [2.75, 3.05) is 0 Å². The van der Waals surface area contributed by atoms with Gasteiger partial charge in [0.05, 0.1) is 0 Å². The molecule has 0 spiro atoms. The molecular formula is C19H23N3O2. The van der Waals surface area contributed by atoms with Crippen LogP contribution < -0.4 is 16.4 Å². The Morgan fingerprint density at radius 3 is 2.17 bits per heavy atom. The Labute approximate surface area is 142 Å². The van der Waals surface area contributed by atoms with E-state index in [1.165, 1.54) is 5.56 Å². The van der Waals surface area contributed by atoms with Crippen LogP contribution in [0.15, 0.2) is 60.7 Å². The van der Waals surface area contributed by atoms with Gasteiger partial charge in [0.1, 0.15) is 6.04 Å². The minimum Gasteiger partial charge on any atom is -0.351 e. The fourth-order valence-electron chi connectivity index (χ4n) is 2.56. The van der Waals surface area contributed by atoms with Crippen molar-refractivity contribution in [2.24, 2.45) is 5.73 Å². The molecule has 0 aromatic heterocycles. The Kier molecular flexibility index (Phi) is 6.51. The molecule has 2 aromatic rings. The summed E-state index contributed by atoms with van der Waals surface area (Å²) in [5.74, 6) is -0.444. The van der Waals surface area contributed by atoms with Gasteiger partial charge in [-0.05, 0) is 30.9 Å². The Bertz CT molecular complexity index is 659. The first-order chi connectivity index (χ1) is 11.6. The molecule has 24 heavy (non-hydrogen) atoms. The minimum absolute atomic E-state index is 0.0917. The number of urea groups is 1. The van der Waals surface area contributed by atoms with Gasteiger partial charge in [-0.3, -0.25) is 15.4 Å². The van der Waals surface area contributed by atoms with Crippen LogP contribution in [0.2, 0.25) is 0 Å². The van der Waals surface area contributed by atoms with Crippen molar-refractivity contribution < 1.29 is 9.59 Å². The smallest absolute Gasteiger partial charge is 0.318 e. The van der Waals surface area contributed by atoms with Gasteiger partial charge in [-0.25, -0.2) is 4.79 Å². The minimum atomic E-state index is -0.848. The highest BCUT2D eigenvalue weighted by molar-refractivity contribution is 5.96. The van der Waals surface area contributed by atoms with E-state index in [-0.39, 0.29) is 6.04 Å². The maximum atomic E-state index is 12.3. The summed E-state index contributed by atoms with van der Waals surface area (Å²) in [6, 6.07) is 18.1. The summed E-state index contributed by atoms with van der Waals surface area (Å²) in [6.45, 7) is 2.02. The monoisotopic (exact) mass is 325 g/mol. The summed E-state index contributed by atoms with van der Waals surface area (Å²) in [5.41, 5.74) is 7.12. The van der Waals surface area contributed by atoms with E-state index < -0.39 is 18.0 Å². The second-order valence-corrected chi connectivity index (χ2v) is 5.79. The number of carbonyl (C=O) groups is 2. The second kappa shape index (κ2) is 8.84. The molecule has 2 atom stereocenters. The third kappa shape index (κ3) is 5.52. The summed E-state index contributed by atoms with van der Waals surface area (Å²) in [7, 11) is 0. The van der Waals surface area contributed by atoms with Crippen molar-refractivity contribution in [3.05, 3.63) is 71.8 Å². The van der Waals surface area contributed by atoms with Crippen molar-refractivity contribution >= 4 is 11.9 Å². The predicted molar refractivity (Wildman–Crippen MR) is 94.3 cm³/mol. The average Bonchev–Trinajstić information content (AvgIpc) is 2.59. The number of nitrogens with two attached hydrogens (primary N) is 1. The standard InChI is InChI=1S/C19H23N3O2/c1-14(12-13-15-8-4-2-5-9-15)21-17(18(23)22-19(20)24)16-10-6-3-7-11-16/h2-11,14,17,21H,12-13H2,1H3,(H3,20,22,23,24)/t14-,17+/m0/s1. The van der Waals surface area contributed by atoms with Gasteiger partial charge < -0.3 is 5.73 Å². The third-order valence-corrected chi connectivity index (χ3v) is 3.80. The van der Waals surface area contributed by atoms with Gasteiger partial charge in [0.2, 0.25) is 5.91 Å². The zero-order valence-corrected chi connectivity index (χ0v) is 13.7. The van der Waals surface area contributed by atoms with E-state index in [0.29, 0.717) is 0 Å². The van der Waals surface area contributed by atoms with E-state index in [4.69, 9.17) is 5.73 Å². The van der Waals surface area contributed by atoms with Crippen LogP contribution in [0.3, 0.4) is 0 Å². The molecule has 0 aliphatic rings. The van der Waals surface area contributed by atoms with Crippen LogP contribution in [0.4, 0.5) is 4.79 Å². The molecular weight excluding hydrogens is 302 g/mol. The van der Waals surface area contributed by atoms with E-state index >= 15 is 0 Å². The van der Waals surface area contributed by atoms with Gasteiger partial charge in [-0.15, -0.1) is 0 Å². The van der Waals surface area contributed by atoms with Crippen LogP contribution in [0.1, 0.15) is 30.5 Å². The number of hydrogen-bond donors (Lipinski definition) is 3. The highest BCUT2D eigenvalue weighted by atomic mass is 16.2. The molecule has 0 bridgehead atoms. The summed E-state index contributed by atoms with van der Waals surface area (Å²) in [5, 5.41) is 5.45. The molecule has 0 aliphatic heterocycles. The molecule has 5 nitrogen and oxygen atoms in total. The first-order valence-electron chi connectivity index (χ1n) is 8.01. The molecule has 0 fully saturated rings. The van der Waals surface area contributed by atoms with Crippen molar-refractivity contribution in [3.63, 3.8) is 0 Å². The number of carbonyl (C=O) groups excluding carboxylic acids is 2. The van der Waals surface area contributed by atoms with Crippen molar-refractivity contribution in [1.82, 2.24) is 10.6 Å². The molecule has 0 heterocycles. The maximum Gasteiger partial charge on any atom is 0.318 e. The van der Waals surface area contributed by atoms with E-state index in [1.54, 1.807) is 0 Å². The SMILES string of the molecule is C[C@@H](CCc1ccccc1)N[C@@H](C(=O)NC(N)=O)c1ccccc1. The van der Waals surface area contributed by atoms with Gasteiger partial charge >= 0.3 is 6.03 Å². The highest BCUT2D eigenvalue weighted by Gasteiger charge is 2.23. The molecule has 5 heteroatoms. The van der Waals surface area contributed by atoms with Gasteiger partial charge in [-0.1, -0.05) is 60.7 Å². The van der Waals surface area contributed by atoms with Crippen molar-refractivity contribution in [2.45, 2.75) is 31.8 Å². The summed E-state index contributed by atoms with van der Waals surface area (Å²) in [4.78, 5) is 23.3. The zero-order valence-electron chi connectivity index (χ0n) is 13.7. The molecule has 3 amide bonds. The Morgan fingerprint density at radius 1 is 1.00 bits per heavy atom. The normalized spacial score (nSPS) is 13.0. The molecule has 0 saturated carbocycles. The molecule has 0 aliphatic carbocycles. The predicted octanol–water partition coefficient (Wildman–Crippen LogP) is 2.53. The number of hydrogen-bond acceptors (Lipinski definition) is 3. The van der Waals surface area contributed by atoms with Crippen LogP contribution in [0, 0.1) is 0 Å². The van der Waals surface area contributed by atoms with Crippen LogP contribution in [-0.2, 0) is 11.2 Å². The van der Waals surface area contributed by atoms with Crippen molar-refractivity contribution in [3.8, 4) is 0 Å². The van der Waals surface area contributed by atoms with E-state index in [9.17, 15) is 9.59 Å². The summed E-state index contributed by atoms with van der Waals surface area (Å²) >= 11 is 0. The zero-order chi connectivity index (χ0) is 17.4. The number of rotatable bonds is 7. The number of nitrogens with one attached hydrogen (secondary N) is 2. The Hall–Kier alpha value is -2.66. The Balaban J connectivity index is 2.01. The Morgan fingerprint density at radius 2 is 1.58 bits per heavy atom. The van der Waals surface area contributed by atoms with E-state index in [0.717, 1.165) is 18.4 Å². The molecule has 4 N–H and O–H groups in total. The fraction of sp³-hybridized carbons (Fsp3) is 0.263. The second-order valence-electron chi connectivity index (χ2n) is 5.79. The average molecular weight is 325 g/mol. The molecule has 0 radical (unpaired) electrons. The lowest BCUT2D eigenvalue weighted by molar-refractivity contribution is -0.122. The molecule has 0 saturated heterocycles. The number of benzene rings is 2. The van der Waals surface area contributed by atoms with Crippen LogP contribution in [0.5, 0.6) is 0 Å². The number of imide groups is 1. The molecule has 0 unspecified atom stereocenters. The third-order valence-electron chi connectivity index (χ3n) is 3.80. The molecule has 2 aromatic carbocycles. The molecule has 126 valence electrons. The maximum absolute atomic E-state index is 12.3.